The zero-order valence-electron chi connectivity index (χ0n) is 16.8. The first-order valence-corrected chi connectivity index (χ1v) is 10.6. The summed E-state index contributed by atoms with van der Waals surface area (Å²) in [5.41, 5.74) is 1.41. The lowest BCUT2D eigenvalue weighted by Crippen LogP contribution is -2.60. The summed E-state index contributed by atoms with van der Waals surface area (Å²) >= 11 is 0. The smallest absolute Gasteiger partial charge is 0.323 e. The van der Waals surface area contributed by atoms with E-state index < -0.39 is 0 Å². The van der Waals surface area contributed by atoms with Crippen molar-refractivity contribution < 1.29 is 9.53 Å². The second-order valence-electron chi connectivity index (χ2n) is 8.71. The third-order valence-electron chi connectivity index (χ3n) is 7.00. The SMILES string of the molecule is COc1ccc([C@H]2CCC[C@H]3[C@@H]4C[C@@H](CN(C(=O)c5c[nH]c(=O)[nH]5)C4)CN23)cc1. The maximum Gasteiger partial charge on any atom is 0.323 e. The Balaban J connectivity index is 1.35. The van der Waals surface area contributed by atoms with Gasteiger partial charge in [-0.25, -0.2) is 4.79 Å². The molecule has 29 heavy (non-hydrogen) atoms. The zero-order valence-corrected chi connectivity index (χ0v) is 16.8. The summed E-state index contributed by atoms with van der Waals surface area (Å²) in [6.07, 6.45) is 6.30. The van der Waals surface area contributed by atoms with Crippen LogP contribution in [0.5, 0.6) is 5.75 Å². The number of hydrogen-bond donors (Lipinski definition) is 2. The van der Waals surface area contributed by atoms with E-state index in [-0.39, 0.29) is 11.6 Å². The molecule has 1 aromatic heterocycles. The fourth-order valence-corrected chi connectivity index (χ4v) is 5.78. The van der Waals surface area contributed by atoms with E-state index in [0.717, 1.165) is 25.4 Å². The van der Waals surface area contributed by atoms with E-state index in [2.05, 4.69) is 39.1 Å². The summed E-state index contributed by atoms with van der Waals surface area (Å²) in [5.74, 6) is 1.82. The van der Waals surface area contributed by atoms with Gasteiger partial charge >= 0.3 is 5.69 Å². The molecule has 0 saturated carbocycles. The minimum absolute atomic E-state index is 0.0611. The number of likely N-dealkylation sites (tertiary alicyclic amines) is 1. The molecule has 4 atom stereocenters. The molecule has 1 amide bonds. The number of amides is 1. The number of piperidine rings is 3. The van der Waals surface area contributed by atoms with Crippen molar-refractivity contribution in [2.24, 2.45) is 11.8 Å². The minimum atomic E-state index is -0.327. The van der Waals surface area contributed by atoms with Crippen molar-refractivity contribution in [3.63, 3.8) is 0 Å². The predicted octanol–water partition coefficient (Wildman–Crippen LogP) is 2.40. The van der Waals surface area contributed by atoms with Crippen LogP contribution in [0.15, 0.2) is 35.3 Å². The highest BCUT2D eigenvalue weighted by Gasteiger charge is 2.45. The largest absolute Gasteiger partial charge is 0.497 e. The summed E-state index contributed by atoms with van der Waals surface area (Å²) < 4.78 is 5.32. The van der Waals surface area contributed by atoms with Crippen molar-refractivity contribution in [3.8, 4) is 5.75 Å². The van der Waals surface area contributed by atoms with Gasteiger partial charge in [-0.05, 0) is 55.2 Å². The average Bonchev–Trinajstić information content (AvgIpc) is 3.19. The number of aromatic nitrogens is 2. The van der Waals surface area contributed by atoms with E-state index >= 15 is 0 Å². The third kappa shape index (κ3) is 3.37. The Bertz CT molecular complexity index is 934. The number of nitrogens with zero attached hydrogens (tertiary/aromatic N) is 2. The molecule has 0 radical (unpaired) electrons. The molecule has 3 aliphatic rings. The molecule has 5 rings (SSSR count). The molecular weight excluding hydrogens is 368 g/mol. The van der Waals surface area contributed by atoms with Crippen LogP contribution in [-0.2, 0) is 0 Å². The minimum Gasteiger partial charge on any atom is -0.497 e. The van der Waals surface area contributed by atoms with Crippen LogP contribution >= 0.6 is 0 Å². The molecule has 3 saturated heterocycles. The van der Waals surface area contributed by atoms with Crippen molar-refractivity contribution in [1.29, 1.82) is 0 Å². The summed E-state index contributed by atoms with van der Waals surface area (Å²) in [7, 11) is 1.70. The molecule has 0 aliphatic carbocycles. The summed E-state index contributed by atoms with van der Waals surface area (Å²) in [6.45, 7) is 2.57. The standard InChI is InChI=1S/C22H28N4O3/c1-29-17-7-5-15(6-8-17)19-3-2-4-20-16-9-14(12-26(19)20)11-25(13-16)21(27)18-10-23-22(28)24-18/h5-8,10,14,16,19-20H,2-4,9,11-13H2,1H3,(H2,23,24,28)/t14-,16+,19+,20-/m0/s1. The number of methoxy groups -OCH3 is 1. The Labute approximate surface area is 170 Å². The number of carbonyl (C=O) groups is 1. The maximum absolute atomic E-state index is 12.9. The number of aromatic amines is 2. The van der Waals surface area contributed by atoms with Crippen LogP contribution in [0.3, 0.4) is 0 Å². The lowest BCUT2D eigenvalue weighted by Gasteiger charge is -2.55. The predicted molar refractivity (Wildman–Crippen MR) is 109 cm³/mol. The summed E-state index contributed by atoms with van der Waals surface area (Å²) in [6, 6.07) is 9.49. The molecule has 3 fully saturated rings. The van der Waals surface area contributed by atoms with Crippen molar-refractivity contribution in [3.05, 3.63) is 52.2 Å². The highest BCUT2D eigenvalue weighted by atomic mass is 16.5. The van der Waals surface area contributed by atoms with Crippen LogP contribution < -0.4 is 10.4 Å². The van der Waals surface area contributed by atoms with Gasteiger partial charge in [0.05, 0.1) is 7.11 Å². The quantitative estimate of drug-likeness (QED) is 0.835. The van der Waals surface area contributed by atoms with E-state index in [0.29, 0.717) is 29.6 Å². The molecule has 0 spiro atoms. The topological polar surface area (TPSA) is 81.4 Å². The fraction of sp³-hybridized carbons (Fsp3) is 0.545. The van der Waals surface area contributed by atoms with Crippen molar-refractivity contribution in [2.75, 3.05) is 26.7 Å². The molecule has 154 valence electrons. The molecule has 2 aromatic rings. The van der Waals surface area contributed by atoms with Gasteiger partial charge in [-0.15, -0.1) is 0 Å². The number of ether oxygens (including phenoxy) is 1. The summed E-state index contributed by atoms with van der Waals surface area (Å²) in [5, 5.41) is 0. The first kappa shape index (κ1) is 18.5. The number of H-pyrrole nitrogens is 2. The summed E-state index contributed by atoms with van der Waals surface area (Å²) in [4.78, 5) is 34.1. The van der Waals surface area contributed by atoms with E-state index in [4.69, 9.17) is 4.74 Å². The number of nitrogens with one attached hydrogen (secondary N) is 2. The van der Waals surface area contributed by atoms with E-state index in [9.17, 15) is 9.59 Å². The van der Waals surface area contributed by atoms with Gasteiger partial charge in [0.1, 0.15) is 11.4 Å². The number of imidazole rings is 1. The first-order valence-electron chi connectivity index (χ1n) is 10.6. The highest BCUT2D eigenvalue weighted by Crippen LogP contribution is 2.44. The van der Waals surface area contributed by atoms with Crippen LogP contribution in [-0.4, -0.2) is 58.5 Å². The van der Waals surface area contributed by atoms with Gasteiger partial charge in [-0.2, -0.15) is 0 Å². The lowest BCUT2D eigenvalue weighted by atomic mass is 9.74. The molecule has 4 heterocycles. The van der Waals surface area contributed by atoms with E-state index in [1.165, 1.54) is 37.4 Å². The monoisotopic (exact) mass is 396 g/mol. The Morgan fingerprint density at radius 2 is 1.97 bits per heavy atom. The number of rotatable bonds is 3. The average molecular weight is 396 g/mol. The van der Waals surface area contributed by atoms with Gasteiger partial charge in [0.15, 0.2) is 0 Å². The lowest BCUT2D eigenvalue weighted by molar-refractivity contribution is -0.0512. The van der Waals surface area contributed by atoms with Crippen LogP contribution in [0.2, 0.25) is 0 Å². The highest BCUT2D eigenvalue weighted by molar-refractivity contribution is 5.92. The van der Waals surface area contributed by atoms with Crippen LogP contribution in [0.4, 0.5) is 0 Å². The molecule has 7 heteroatoms. The number of benzene rings is 1. The van der Waals surface area contributed by atoms with Crippen LogP contribution in [0.25, 0.3) is 0 Å². The molecule has 2 bridgehead atoms. The van der Waals surface area contributed by atoms with Gasteiger partial charge in [0.25, 0.3) is 5.91 Å². The molecule has 2 N–H and O–H groups in total. The van der Waals surface area contributed by atoms with Gasteiger partial charge in [0, 0.05) is 37.9 Å². The Hall–Kier alpha value is -2.54. The zero-order chi connectivity index (χ0) is 20.0. The fourth-order valence-electron chi connectivity index (χ4n) is 5.78. The van der Waals surface area contributed by atoms with E-state index in [1.807, 2.05) is 4.90 Å². The van der Waals surface area contributed by atoms with Crippen molar-refractivity contribution >= 4 is 5.91 Å². The van der Waals surface area contributed by atoms with Crippen LogP contribution in [0, 0.1) is 11.8 Å². The number of carbonyl (C=O) groups excluding carboxylic acids is 1. The normalized spacial score (nSPS) is 29.3. The van der Waals surface area contributed by atoms with E-state index in [1.54, 1.807) is 7.11 Å². The molecule has 0 unspecified atom stereocenters. The third-order valence-corrected chi connectivity index (χ3v) is 7.00. The van der Waals surface area contributed by atoms with Gasteiger partial charge in [0.2, 0.25) is 0 Å². The van der Waals surface area contributed by atoms with Gasteiger partial charge < -0.3 is 19.6 Å². The molecule has 3 aliphatic heterocycles. The first-order chi connectivity index (χ1) is 14.1. The Morgan fingerprint density at radius 3 is 2.69 bits per heavy atom. The number of hydrogen-bond acceptors (Lipinski definition) is 4. The molecule has 1 aromatic carbocycles. The second kappa shape index (κ2) is 7.37. The van der Waals surface area contributed by atoms with Crippen LogP contribution in [0.1, 0.15) is 47.8 Å². The Kier molecular flexibility index (Phi) is 4.70. The molecular formula is C22H28N4O3. The Morgan fingerprint density at radius 1 is 1.14 bits per heavy atom. The van der Waals surface area contributed by atoms with Gasteiger partial charge in [-0.3, -0.25) is 9.69 Å². The number of fused-ring (bicyclic) bond motifs is 4. The van der Waals surface area contributed by atoms with Crippen molar-refractivity contribution in [1.82, 2.24) is 19.8 Å². The molecule has 7 nitrogen and oxygen atoms in total. The van der Waals surface area contributed by atoms with Gasteiger partial charge in [-0.1, -0.05) is 12.1 Å². The second-order valence-corrected chi connectivity index (χ2v) is 8.71. The maximum atomic E-state index is 12.9. The van der Waals surface area contributed by atoms with Crippen molar-refractivity contribution in [2.45, 2.75) is 37.8 Å².